The quantitative estimate of drug-likeness (QED) is 0.801. The molecule has 1 spiro atoms. The fourth-order valence-electron chi connectivity index (χ4n) is 4.94. The fourth-order valence-corrected chi connectivity index (χ4v) is 4.94. The summed E-state index contributed by atoms with van der Waals surface area (Å²) in [5, 5.41) is 7.06. The van der Waals surface area contributed by atoms with E-state index in [0.717, 1.165) is 24.8 Å². The molecule has 0 bridgehead atoms. The van der Waals surface area contributed by atoms with Crippen LogP contribution in [0.2, 0.25) is 0 Å². The Morgan fingerprint density at radius 3 is 2.42 bits per heavy atom. The molecule has 3 atom stereocenters. The van der Waals surface area contributed by atoms with Crippen molar-refractivity contribution in [1.82, 2.24) is 10.6 Å². The third kappa shape index (κ3) is 2.10. The second-order valence-electron chi connectivity index (χ2n) is 7.40. The van der Waals surface area contributed by atoms with E-state index in [4.69, 9.17) is 0 Å². The standard InChI is InChI=1S/C16H26N2O/c19-15(14-12-4-1-2-5-13(12)14)18-11-6-9-17-16(10-11)7-3-8-16/h11-14,17H,1-10H2,(H,18,19). The predicted octanol–water partition coefficient (Wildman–Crippen LogP) is 2.21. The Morgan fingerprint density at radius 1 is 1.05 bits per heavy atom. The molecule has 1 saturated heterocycles. The lowest BCUT2D eigenvalue weighted by atomic mass is 9.70. The molecule has 3 heteroatoms. The third-order valence-corrected chi connectivity index (χ3v) is 6.25. The number of piperidine rings is 1. The monoisotopic (exact) mass is 262 g/mol. The number of carbonyl (C=O) groups excluding carboxylic acids is 1. The first-order valence-electron chi connectivity index (χ1n) is 8.33. The minimum atomic E-state index is 0.384. The molecule has 3 unspecified atom stereocenters. The summed E-state index contributed by atoms with van der Waals surface area (Å²) >= 11 is 0. The van der Waals surface area contributed by atoms with Crippen molar-refractivity contribution in [3.05, 3.63) is 0 Å². The SMILES string of the molecule is O=C(NC1CCNC2(CCC2)C1)C1C2CCCCC21. The van der Waals surface area contributed by atoms with Gasteiger partial charge in [-0.15, -0.1) is 0 Å². The zero-order chi connectivity index (χ0) is 12.9. The summed E-state index contributed by atoms with van der Waals surface area (Å²) in [6, 6.07) is 0.441. The Hall–Kier alpha value is -0.570. The van der Waals surface area contributed by atoms with E-state index in [1.165, 1.54) is 51.4 Å². The van der Waals surface area contributed by atoms with Crippen LogP contribution < -0.4 is 10.6 Å². The lowest BCUT2D eigenvalue weighted by molar-refractivity contribution is -0.124. The van der Waals surface area contributed by atoms with Crippen molar-refractivity contribution in [1.29, 1.82) is 0 Å². The van der Waals surface area contributed by atoms with E-state index in [-0.39, 0.29) is 0 Å². The number of hydrogen-bond acceptors (Lipinski definition) is 2. The van der Waals surface area contributed by atoms with Gasteiger partial charge in [0.2, 0.25) is 5.91 Å². The van der Waals surface area contributed by atoms with Gasteiger partial charge in [-0.2, -0.15) is 0 Å². The molecule has 1 heterocycles. The van der Waals surface area contributed by atoms with Gasteiger partial charge in [-0.05, 0) is 63.3 Å². The van der Waals surface area contributed by atoms with Gasteiger partial charge in [0.05, 0.1) is 0 Å². The molecular weight excluding hydrogens is 236 g/mol. The maximum absolute atomic E-state index is 12.4. The molecule has 0 aromatic heterocycles. The maximum Gasteiger partial charge on any atom is 0.223 e. The Balaban J connectivity index is 1.33. The van der Waals surface area contributed by atoms with Crippen molar-refractivity contribution < 1.29 is 4.79 Å². The van der Waals surface area contributed by atoms with Crippen molar-refractivity contribution in [2.45, 2.75) is 69.4 Å². The molecule has 3 aliphatic carbocycles. The second kappa shape index (κ2) is 4.47. The first-order chi connectivity index (χ1) is 9.27. The van der Waals surface area contributed by atoms with Crippen LogP contribution in [-0.2, 0) is 4.79 Å². The second-order valence-corrected chi connectivity index (χ2v) is 7.40. The van der Waals surface area contributed by atoms with Crippen molar-refractivity contribution in [2.24, 2.45) is 17.8 Å². The van der Waals surface area contributed by atoms with Crippen LogP contribution in [0.25, 0.3) is 0 Å². The fraction of sp³-hybridized carbons (Fsp3) is 0.938. The van der Waals surface area contributed by atoms with E-state index >= 15 is 0 Å². The van der Waals surface area contributed by atoms with Crippen molar-refractivity contribution in [2.75, 3.05) is 6.54 Å². The Morgan fingerprint density at radius 2 is 1.79 bits per heavy atom. The lowest BCUT2D eigenvalue weighted by Gasteiger charge is -2.48. The average Bonchev–Trinajstić information content (AvgIpc) is 3.11. The number of amides is 1. The summed E-state index contributed by atoms with van der Waals surface area (Å²) in [7, 11) is 0. The van der Waals surface area contributed by atoms with Gasteiger partial charge in [-0.3, -0.25) is 4.79 Å². The molecule has 1 amide bonds. The van der Waals surface area contributed by atoms with Crippen LogP contribution in [0.4, 0.5) is 0 Å². The summed E-state index contributed by atoms with van der Waals surface area (Å²) < 4.78 is 0. The highest BCUT2D eigenvalue weighted by Gasteiger charge is 2.55. The molecule has 4 fully saturated rings. The van der Waals surface area contributed by atoms with Gasteiger partial charge in [0, 0.05) is 17.5 Å². The van der Waals surface area contributed by atoms with Crippen LogP contribution in [-0.4, -0.2) is 24.0 Å². The Kier molecular flexibility index (Phi) is 2.87. The molecule has 1 aliphatic heterocycles. The van der Waals surface area contributed by atoms with Crippen LogP contribution in [0.1, 0.15) is 57.8 Å². The average molecular weight is 262 g/mol. The minimum Gasteiger partial charge on any atom is -0.353 e. The minimum absolute atomic E-state index is 0.384. The van der Waals surface area contributed by atoms with Gasteiger partial charge in [-0.1, -0.05) is 12.8 Å². The highest BCUT2D eigenvalue weighted by Crippen LogP contribution is 2.55. The smallest absolute Gasteiger partial charge is 0.223 e. The van der Waals surface area contributed by atoms with Gasteiger partial charge in [0.15, 0.2) is 0 Å². The molecule has 19 heavy (non-hydrogen) atoms. The van der Waals surface area contributed by atoms with E-state index in [2.05, 4.69) is 10.6 Å². The molecular formula is C16H26N2O. The van der Waals surface area contributed by atoms with Crippen molar-refractivity contribution in [3.63, 3.8) is 0 Å². The van der Waals surface area contributed by atoms with Crippen LogP contribution in [0, 0.1) is 17.8 Å². The van der Waals surface area contributed by atoms with E-state index in [1.807, 2.05) is 0 Å². The van der Waals surface area contributed by atoms with E-state index in [0.29, 0.717) is 23.4 Å². The number of hydrogen-bond donors (Lipinski definition) is 2. The van der Waals surface area contributed by atoms with Gasteiger partial charge < -0.3 is 10.6 Å². The normalized spacial score (nSPS) is 43.2. The van der Waals surface area contributed by atoms with Gasteiger partial charge in [-0.25, -0.2) is 0 Å². The Labute approximate surface area is 115 Å². The van der Waals surface area contributed by atoms with E-state index < -0.39 is 0 Å². The zero-order valence-electron chi connectivity index (χ0n) is 11.8. The zero-order valence-corrected chi connectivity index (χ0v) is 11.8. The van der Waals surface area contributed by atoms with Crippen LogP contribution >= 0.6 is 0 Å². The molecule has 0 aromatic carbocycles. The van der Waals surface area contributed by atoms with Crippen LogP contribution in [0.5, 0.6) is 0 Å². The summed E-state index contributed by atoms with van der Waals surface area (Å²) in [5.41, 5.74) is 0.395. The topological polar surface area (TPSA) is 41.1 Å². The number of nitrogens with one attached hydrogen (secondary N) is 2. The van der Waals surface area contributed by atoms with E-state index in [1.54, 1.807) is 0 Å². The maximum atomic E-state index is 12.4. The molecule has 4 rings (SSSR count). The highest BCUT2D eigenvalue weighted by atomic mass is 16.2. The number of rotatable bonds is 2. The summed E-state index contributed by atoms with van der Waals surface area (Å²) in [5.74, 6) is 2.26. The Bertz CT molecular complexity index is 365. The van der Waals surface area contributed by atoms with Gasteiger partial charge in [0.25, 0.3) is 0 Å². The summed E-state index contributed by atoms with van der Waals surface area (Å²) in [4.78, 5) is 12.4. The molecule has 0 radical (unpaired) electrons. The van der Waals surface area contributed by atoms with Gasteiger partial charge in [0.1, 0.15) is 0 Å². The molecule has 3 saturated carbocycles. The molecule has 0 aromatic rings. The highest BCUT2D eigenvalue weighted by molar-refractivity contribution is 5.82. The van der Waals surface area contributed by atoms with Crippen molar-refractivity contribution in [3.8, 4) is 0 Å². The largest absolute Gasteiger partial charge is 0.353 e. The first kappa shape index (κ1) is 12.2. The third-order valence-electron chi connectivity index (χ3n) is 6.25. The number of carbonyl (C=O) groups is 1. The van der Waals surface area contributed by atoms with Crippen molar-refractivity contribution >= 4 is 5.91 Å². The van der Waals surface area contributed by atoms with E-state index in [9.17, 15) is 4.79 Å². The predicted molar refractivity (Wildman–Crippen MR) is 74.7 cm³/mol. The summed E-state index contributed by atoms with van der Waals surface area (Å²) in [6.45, 7) is 1.09. The van der Waals surface area contributed by atoms with Crippen LogP contribution in [0.3, 0.4) is 0 Å². The summed E-state index contributed by atoms with van der Waals surface area (Å²) in [6.07, 6.45) is 11.6. The molecule has 106 valence electrons. The van der Waals surface area contributed by atoms with Gasteiger partial charge >= 0.3 is 0 Å². The lowest BCUT2D eigenvalue weighted by Crippen LogP contribution is -2.59. The molecule has 4 aliphatic rings. The first-order valence-corrected chi connectivity index (χ1v) is 8.33. The molecule has 3 nitrogen and oxygen atoms in total. The van der Waals surface area contributed by atoms with Crippen LogP contribution in [0.15, 0.2) is 0 Å². The molecule has 2 N–H and O–H groups in total. The number of fused-ring (bicyclic) bond motifs is 1.